The number of benzene rings is 2. The molecule has 3 N–H and O–H groups in total. The summed E-state index contributed by atoms with van der Waals surface area (Å²) >= 11 is 0. The zero-order chi connectivity index (χ0) is 34.3. The number of hydrogen-bond acceptors (Lipinski definition) is 7. The van der Waals surface area contributed by atoms with Crippen LogP contribution in [0.3, 0.4) is 0 Å². The lowest BCUT2D eigenvalue weighted by Gasteiger charge is -2.56. The van der Waals surface area contributed by atoms with Crippen LogP contribution in [0.15, 0.2) is 48.5 Å². The van der Waals surface area contributed by atoms with Gasteiger partial charge < -0.3 is 30.0 Å². The van der Waals surface area contributed by atoms with E-state index in [0.29, 0.717) is 13.1 Å². The van der Waals surface area contributed by atoms with Gasteiger partial charge in [-0.25, -0.2) is 4.79 Å². The van der Waals surface area contributed by atoms with Gasteiger partial charge in [0.15, 0.2) is 6.29 Å². The summed E-state index contributed by atoms with van der Waals surface area (Å²) in [5.74, 6) is 2.19. The first-order valence-corrected chi connectivity index (χ1v) is 18.6. The zero-order valence-corrected chi connectivity index (χ0v) is 29.7. The summed E-state index contributed by atoms with van der Waals surface area (Å²) in [7, 11) is 0. The second-order valence-corrected chi connectivity index (χ2v) is 16.8. The SMILES string of the molecule is CC1C(CN2CCCC2C(=O)OC(C)(C)C)OC(c2ccc(CNC(=O)NC34CC5CC(CC(C5)C3)C4)cc2)OC1c1ccc(CO)cc1. The molecule has 266 valence electrons. The maximum absolute atomic E-state index is 13.1. The van der Waals surface area contributed by atoms with Gasteiger partial charge >= 0.3 is 12.0 Å². The van der Waals surface area contributed by atoms with E-state index in [-0.39, 0.29) is 48.3 Å². The van der Waals surface area contributed by atoms with E-state index in [0.717, 1.165) is 78.7 Å². The molecule has 0 aromatic heterocycles. The fourth-order valence-corrected chi connectivity index (χ4v) is 9.76. The van der Waals surface area contributed by atoms with Gasteiger partial charge in [-0.15, -0.1) is 0 Å². The van der Waals surface area contributed by atoms with Crippen molar-refractivity contribution in [3.8, 4) is 0 Å². The van der Waals surface area contributed by atoms with Gasteiger partial charge in [-0.1, -0.05) is 55.5 Å². The number of likely N-dealkylation sites (tertiary alicyclic amines) is 1. The molecule has 2 aliphatic heterocycles. The highest BCUT2D eigenvalue weighted by Crippen LogP contribution is 2.55. The van der Waals surface area contributed by atoms with E-state index in [1.165, 1.54) is 19.3 Å². The highest BCUT2D eigenvalue weighted by atomic mass is 16.7. The number of esters is 1. The molecule has 6 fully saturated rings. The van der Waals surface area contributed by atoms with E-state index in [1.54, 1.807) is 0 Å². The molecule has 5 unspecified atom stereocenters. The van der Waals surface area contributed by atoms with Crippen molar-refractivity contribution in [2.75, 3.05) is 13.1 Å². The Balaban J connectivity index is 1.02. The van der Waals surface area contributed by atoms with Crippen LogP contribution < -0.4 is 10.6 Å². The molecule has 4 bridgehead atoms. The van der Waals surface area contributed by atoms with Crippen molar-refractivity contribution in [3.05, 3.63) is 70.8 Å². The summed E-state index contributed by atoms with van der Waals surface area (Å²) in [6.45, 7) is 9.72. The summed E-state index contributed by atoms with van der Waals surface area (Å²) in [5, 5.41) is 16.1. The third-order valence-corrected chi connectivity index (χ3v) is 11.7. The lowest BCUT2D eigenvalue weighted by Crippen LogP contribution is -2.61. The Morgan fingerprint density at radius 3 is 2.14 bits per heavy atom. The first kappa shape index (κ1) is 34.5. The van der Waals surface area contributed by atoms with Gasteiger partial charge in [0, 0.05) is 30.1 Å². The van der Waals surface area contributed by atoms with Gasteiger partial charge in [0.25, 0.3) is 0 Å². The topological polar surface area (TPSA) is 109 Å². The monoisotopic (exact) mass is 673 g/mol. The molecular formula is C40H55N3O6. The Morgan fingerprint density at radius 1 is 0.918 bits per heavy atom. The standard InChI is InChI=1S/C40H55N3O6/c1-25-34(23-43-15-5-6-33(43)36(45)49-39(2,3)4)47-37(48-35(25)31-11-9-27(24-44)10-12-31)32-13-7-26(8-14-32)22-41-38(46)42-40-19-28-16-29(20-40)18-30(17-28)21-40/h7-14,25,28-30,33-35,37,44H,5-6,15-24H2,1-4H3,(H2,41,42,46). The summed E-state index contributed by atoms with van der Waals surface area (Å²) < 4.78 is 19.2. The minimum absolute atomic E-state index is 0.00655. The Hall–Kier alpha value is -2.98. The molecule has 9 nitrogen and oxygen atoms in total. The minimum Gasteiger partial charge on any atom is -0.459 e. The fourth-order valence-electron chi connectivity index (χ4n) is 9.76. The van der Waals surface area contributed by atoms with E-state index < -0.39 is 11.9 Å². The van der Waals surface area contributed by atoms with Gasteiger partial charge in [0.1, 0.15) is 11.6 Å². The molecule has 5 atom stereocenters. The maximum Gasteiger partial charge on any atom is 0.323 e. The van der Waals surface area contributed by atoms with Crippen molar-refractivity contribution in [1.29, 1.82) is 0 Å². The Morgan fingerprint density at radius 2 is 1.53 bits per heavy atom. The van der Waals surface area contributed by atoms with E-state index in [4.69, 9.17) is 14.2 Å². The van der Waals surface area contributed by atoms with E-state index in [9.17, 15) is 14.7 Å². The highest BCUT2D eigenvalue weighted by molar-refractivity contribution is 5.76. The molecule has 0 spiro atoms. The number of nitrogens with zero attached hydrogens (tertiary/aromatic N) is 1. The van der Waals surface area contributed by atoms with Gasteiger partial charge in [0.2, 0.25) is 0 Å². The summed E-state index contributed by atoms with van der Waals surface area (Å²) in [6.07, 6.45) is 8.13. The number of rotatable bonds is 9. The van der Waals surface area contributed by atoms with Crippen LogP contribution in [0.1, 0.15) is 114 Å². The van der Waals surface area contributed by atoms with Crippen molar-refractivity contribution in [2.45, 2.75) is 128 Å². The van der Waals surface area contributed by atoms with Crippen LogP contribution in [0, 0.1) is 23.7 Å². The molecule has 2 aromatic rings. The number of amides is 2. The second kappa shape index (κ2) is 14.0. The number of aliphatic hydroxyl groups excluding tert-OH is 1. The first-order valence-electron chi connectivity index (χ1n) is 18.6. The highest BCUT2D eigenvalue weighted by Gasteiger charge is 2.51. The number of carbonyl (C=O) groups is 2. The molecule has 2 amide bonds. The first-order chi connectivity index (χ1) is 23.5. The third kappa shape index (κ3) is 7.85. The van der Waals surface area contributed by atoms with Crippen molar-refractivity contribution in [2.24, 2.45) is 23.7 Å². The lowest BCUT2D eigenvalue weighted by atomic mass is 9.53. The molecule has 2 saturated heterocycles. The Labute approximate surface area is 291 Å². The van der Waals surface area contributed by atoms with E-state index in [2.05, 4.69) is 22.5 Å². The quantitative estimate of drug-likeness (QED) is 0.259. The molecule has 0 radical (unpaired) electrons. The molecule has 4 saturated carbocycles. The third-order valence-electron chi connectivity index (χ3n) is 11.7. The summed E-state index contributed by atoms with van der Waals surface area (Å²) in [4.78, 5) is 28.4. The molecule has 6 aliphatic rings. The van der Waals surface area contributed by atoms with Gasteiger partial charge in [-0.05, 0) is 113 Å². The molecule has 2 heterocycles. The minimum atomic E-state index is -0.604. The van der Waals surface area contributed by atoms with E-state index in [1.807, 2.05) is 69.3 Å². The fraction of sp³-hybridized carbons (Fsp3) is 0.650. The molecule has 2 aromatic carbocycles. The molecular weight excluding hydrogens is 618 g/mol. The van der Waals surface area contributed by atoms with Crippen molar-refractivity contribution in [1.82, 2.24) is 15.5 Å². The summed E-state index contributed by atoms with van der Waals surface area (Å²) in [6, 6.07) is 15.7. The lowest BCUT2D eigenvalue weighted by molar-refractivity contribution is -0.276. The normalized spacial score (nSPS) is 34.1. The smallest absolute Gasteiger partial charge is 0.323 e. The van der Waals surface area contributed by atoms with Gasteiger partial charge in [-0.3, -0.25) is 9.69 Å². The van der Waals surface area contributed by atoms with Crippen LogP contribution >= 0.6 is 0 Å². The number of urea groups is 1. The molecule has 4 aliphatic carbocycles. The average Bonchev–Trinajstić information content (AvgIpc) is 3.52. The Bertz CT molecular complexity index is 1440. The van der Waals surface area contributed by atoms with Gasteiger partial charge in [-0.2, -0.15) is 0 Å². The van der Waals surface area contributed by atoms with Crippen LogP contribution in [0.25, 0.3) is 0 Å². The van der Waals surface area contributed by atoms with Crippen LogP contribution in [0.5, 0.6) is 0 Å². The van der Waals surface area contributed by atoms with Crippen LogP contribution in [0.4, 0.5) is 4.79 Å². The van der Waals surface area contributed by atoms with Crippen LogP contribution in [-0.2, 0) is 32.2 Å². The van der Waals surface area contributed by atoms with Gasteiger partial charge in [0.05, 0.1) is 18.8 Å². The van der Waals surface area contributed by atoms with Crippen molar-refractivity contribution in [3.63, 3.8) is 0 Å². The maximum atomic E-state index is 13.1. The zero-order valence-electron chi connectivity index (χ0n) is 29.7. The average molecular weight is 674 g/mol. The second-order valence-electron chi connectivity index (χ2n) is 16.8. The number of aliphatic hydroxyl groups is 1. The predicted molar refractivity (Wildman–Crippen MR) is 186 cm³/mol. The van der Waals surface area contributed by atoms with Crippen molar-refractivity contribution < 1.29 is 28.9 Å². The molecule has 8 rings (SSSR count). The number of carbonyl (C=O) groups excluding carboxylic acids is 2. The Kier molecular flexibility index (Phi) is 9.83. The number of hydrogen-bond donors (Lipinski definition) is 3. The van der Waals surface area contributed by atoms with Crippen molar-refractivity contribution >= 4 is 12.0 Å². The largest absolute Gasteiger partial charge is 0.459 e. The van der Waals surface area contributed by atoms with Crippen LogP contribution in [0.2, 0.25) is 0 Å². The number of ether oxygens (including phenoxy) is 3. The molecule has 49 heavy (non-hydrogen) atoms. The number of nitrogens with one attached hydrogen (secondary N) is 2. The summed E-state index contributed by atoms with van der Waals surface area (Å²) in [5.41, 5.74) is 3.25. The predicted octanol–water partition coefficient (Wildman–Crippen LogP) is 6.54. The van der Waals surface area contributed by atoms with E-state index >= 15 is 0 Å². The van der Waals surface area contributed by atoms with Crippen LogP contribution in [-0.4, -0.2) is 58.4 Å². The molecule has 9 heteroatoms.